The van der Waals surface area contributed by atoms with Crippen LogP contribution in [0.3, 0.4) is 0 Å². The summed E-state index contributed by atoms with van der Waals surface area (Å²) >= 11 is 0. The predicted octanol–water partition coefficient (Wildman–Crippen LogP) is 8.28. The first-order valence-corrected chi connectivity index (χ1v) is 28.9. The second-order valence-electron chi connectivity index (χ2n) is 20.7. The van der Waals surface area contributed by atoms with Gasteiger partial charge >= 0.3 is 5.97 Å². The predicted molar refractivity (Wildman–Crippen MR) is 232 cm³/mol. The minimum Gasteiger partial charge on any atom is -0.435 e. The van der Waals surface area contributed by atoms with Gasteiger partial charge in [-0.1, -0.05) is 41.5 Å². The Balaban J connectivity index is 2.25. The molecule has 0 radical (unpaired) electrons. The molecular weight excluding hydrogens is 775 g/mol. The summed E-state index contributed by atoms with van der Waals surface area (Å²) < 4.78 is 59.8. The van der Waals surface area contributed by atoms with Gasteiger partial charge in [0.1, 0.15) is 11.9 Å². The van der Waals surface area contributed by atoms with Gasteiger partial charge in [-0.3, -0.25) is 9.59 Å². The van der Waals surface area contributed by atoms with E-state index in [0.717, 1.165) is 13.0 Å². The number of methoxy groups -OCH3 is 2. The number of hydrogen-bond donors (Lipinski definition) is 0. The molecule has 0 spiro atoms. The van der Waals surface area contributed by atoms with Crippen molar-refractivity contribution in [1.82, 2.24) is 4.90 Å². The summed E-state index contributed by atoms with van der Waals surface area (Å²) in [7, 11) is 1.11. The Morgan fingerprint density at radius 3 is 1.88 bits per heavy atom. The van der Waals surface area contributed by atoms with Crippen LogP contribution in [-0.2, 0) is 51.6 Å². The first-order chi connectivity index (χ1) is 26.6. The Bertz CT molecular complexity index is 1330. The molecule has 3 fully saturated rings. The highest BCUT2D eigenvalue weighted by Crippen LogP contribution is 2.43. The highest BCUT2D eigenvalue weighted by molar-refractivity contribution is 6.70. The fraction of sp³-hybridized carbons (Fsp3) is 0.955. The van der Waals surface area contributed by atoms with Crippen LogP contribution < -0.4 is 0 Å². The Labute approximate surface area is 355 Å². The zero-order chi connectivity index (χ0) is 44.3. The quantitative estimate of drug-likeness (QED) is 0.139. The van der Waals surface area contributed by atoms with Crippen LogP contribution >= 0.6 is 0 Å². The van der Waals surface area contributed by atoms with Gasteiger partial charge in [0.05, 0.1) is 42.0 Å². The molecule has 12 nitrogen and oxygen atoms in total. The summed E-state index contributed by atoms with van der Waals surface area (Å²) in [6.45, 7) is 36.0. The second kappa shape index (κ2) is 20.6. The Morgan fingerprint density at radius 1 is 0.759 bits per heavy atom. The Kier molecular flexibility index (Phi) is 18.3. The number of carbonyl (C=O) groups excluding carboxylic acids is 2. The molecule has 0 aliphatic carbocycles. The van der Waals surface area contributed by atoms with E-state index in [0.29, 0.717) is 19.3 Å². The molecule has 0 bridgehead atoms. The average Bonchev–Trinajstić information content (AvgIpc) is 3.11. The van der Waals surface area contributed by atoms with E-state index in [-0.39, 0.29) is 42.0 Å². The number of carbonyl (C=O) groups is 2. The van der Waals surface area contributed by atoms with Crippen molar-refractivity contribution in [3.8, 4) is 0 Å². The van der Waals surface area contributed by atoms with E-state index in [1.165, 1.54) is 7.11 Å². The van der Waals surface area contributed by atoms with Crippen molar-refractivity contribution in [3.63, 3.8) is 0 Å². The molecule has 14 heteroatoms. The maximum Gasteiger partial charge on any atom is 0.313 e. The molecule has 3 heterocycles. The molecule has 0 saturated carbocycles. The number of likely N-dealkylation sites (N-methyl/N-ethyl adjacent to an activating group) is 1. The van der Waals surface area contributed by atoms with E-state index >= 15 is 0 Å². The maximum absolute atomic E-state index is 14.6. The van der Waals surface area contributed by atoms with Crippen LogP contribution in [0.15, 0.2) is 0 Å². The van der Waals surface area contributed by atoms with Crippen molar-refractivity contribution < 1.29 is 51.6 Å². The molecule has 3 rings (SSSR count). The van der Waals surface area contributed by atoms with E-state index < -0.39 is 88.6 Å². The number of nitrogens with zero attached hydrogens (tertiary/aromatic N) is 1. The molecule has 17 atom stereocenters. The molecule has 0 N–H and O–H groups in total. The number of ketones is 1. The van der Waals surface area contributed by atoms with Crippen LogP contribution in [0.1, 0.15) is 102 Å². The third-order valence-corrected chi connectivity index (χ3v) is 14.7. The molecule has 0 amide bonds. The van der Waals surface area contributed by atoms with Gasteiger partial charge in [-0.25, -0.2) is 0 Å². The van der Waals surface area contributed by atoms with Gasteiger partial charge in [0.2, 0.25) is 6.29 Å². The molecule has 3 aliphatic heterocycles. The lowest BCUT2D eigenvalue weighted by Crippen LogP contribution is -2.60. The molecule has 58 heavy (non-hydrogen) atoms. The van der Waals surface area contributed by atoms with E-state index in [1.807, 2.05) is 41.5 Å². The highest BCUT2D eigenvalue weighted by Gasteiger charge is 2.52. The van der Waals surface area contributed by atoms with Gasteiger partial charge in [0, 0.05) is 56.8 Å². The van der Waals surface area contributed by atoms with Gasteiger partial charge in [0.15, 0.2) is 28.7 Å². The zero-order valence-corrected chi connectivity index (χ0v) is 42.1. The van der Waals surface area contributed by atoms with Crippen LogP contribution in [0.4, 0.5) is 0 Å². The molecular formula is C44H85NO11Si2. The van der Waals surface area contributed by atoms with Crippen molar-refractivity contribution in [2.75, 3.05) is 27.8 Å². The molecule has 3 aliphatic rings. The first kappa shape index (κ1) is 51.6. The summed E-state index contributed by atoms with van der Waals surface area (Å²) in [5, 5.41) is 0. The molecule has 3 saturated heterocycles. The molecule has 0 aromatic rings. The van der Waals surface area contributed by atoms with Gasteiger partial charge < -0.3 is 46.9 Å². The summed E-state index contributed by atoms with van der Waals surface area (Å²) in [5.41, 5.74) is -0.508. The third-order valence-electron chi connectivity index (χ3n) is 12.7. The number of esters is 1. The summed E-state index contributed by atoms with van der Waals surface area (Å²) in [5.74, 6) is -4.08. The van der Waals surface area contributed by atoms with Gasteiger partial charge in [-0.05, 0) is 106 Å². The topological polar surface area (TPSA) is 120 Å². The van der Waals surface area contributed by atoms with Crippen LogP contribution in [0, 0.1) is 35.5 Å². The standard InChI is InChI=1S/C44H85NO11Si2/c1-21-45(12)34-23-28(4)50-42(39(34)56-58(18,19)20)51-36-27(3)22-26(2)35(46)30(6)38(55-57(15,16)17)33(9)41(48-13)52-40(47)32(8)37(31(36)7)54-44(11)25-43(10,49-14)24-29(5)53-44/h26-34,36-39,41-42H,21-25H2,1-20H3/t26-,27+,28-,29+,30+,31-,32-,33-,34+,36+,37+,38-,39-,41+,42?,43+,44+/m1/s1. The highest BCUT2D eigenvalue weighted by atomic mass is 28.4. The van der Waals surface area contributed by atoms with Crippen molar-refractivity contribution in [3.05, 3.63) is 0 Å². The van der Waals surface area contributed by atoms with Gasteiger partial charge in [0.25, 0.3) is 0 Å². The molecule has 0 aromatic carbocycles. The Hall–Kier alpha value is -0.786. The lowest BCUT2D eigenvalue weighted by Gasteiger charge is -2.50. The molecule has 340 valence electrons. The second-order valence-corrected chi connectivity index (χ2v) is 29.6. The van der Waals surface area contributed by atoms with E-state index in [9.17, 15) is 9.59 Å². The first-order valence-electron chi connectivity index (χ1n) is 22.1. The number of hydrogen-bond acceptors (Lipinski definition) is 12. The maximum atomic E-state index is 14.6. The molecule has 1 unspecified atom stereocenters. The van der Waals surface area contributed by atoms with Crippen molar-refractivity contribution in [2.45, 2.75) is 208 Å². The summed E-state index contributed by atoms with van der Waals surface area (Å²) in [4.78, 5) is 31.4. The minimum atomic E-state index is -2.17. The fourth-order valence-corrected chi connectivity index (χ4v) is 12.2. The number of rotatable bonds is 12. The summed E-state index contributed by atoms with van der Waals surface area (Å²) in [6, 6.07) is 0.0657. The average molecular weight is 860 g/mol. The minimum absolute atomic E-state index is 0.0657. The number of cyclic esters (lactones) is 1. The van der Waals surface area contributed by atoms with Crippen molar-refractivity contribution >= 4 is 28.4 Å². The van der Waals surface area contributed by atoms with E-state index in [2.05, 4.69) is 85.8 Å². The van der Waals surface area contributed by atoms with Crippen LogP contribution in [-0.4, -0.2) is 128 Å². The van der Waals surface area contributed by atoms with Crippen molar-refractivity contribution in [2.24, 2.45) is 35.5 Å². The largest absolute Gasteiger partial charge is 0.435 e. The fourth-order valence-electron chi connectivity index (χ4n) is 9.87. The summed E-state index contributed by atoms with van der Waals surface area (Å²) in [6.07, 6.45) is -1.60. The monoisotopic (exact) mass is 860 g/mol. The van der Waals surface area contributed by atoms with E-state index in [1.54, 1.807) is 7.11 Å². The number of Topliss-reactive ketones (excluding diaryl/α,β-unsaturated/α-hetero) is 1. The lowest BCUT2D eigenvalue weighted by molar-refractivity contribution is -0.333. The lowest BCUT2D eigenvalue weighted by atomic mass is 9.77. The van der Waals surface area contributed by atoms with Crippen LogP contribution in [0.5, 0.6) is 0 Å². The zero-order valence-electron chi connectivity index (χ0n) is 40.1. The van der Waals surface area contributed by atoms with Gasteiger partial charge in [-0.15, -0.1) is 0 Å². The van der Waals surface area contributed by atoms with Crippen molar-refractivity contribution in [1.29, 1.82) is 0 Å². The number of ether oxygens (including phenoxy) is 7. The smallest absolute Gasteiger partial charge is 0.313 e. The SMILES string of the molecule is CCN(C)[C@H]1C[C@@H](C)OC(O[C@@H]2[C@@H](C)[C@H](O[C@@]3(C)C[C@@](C)(OC)C[C@H](C)O3)[C@@H](C)C(=O)O[C@H](OC)[C@H](C)[C@H](O[Si](C)(C)C)[C@@H](C)C(=O)[C@H](C)C[C@@H]2C)[C@@H]1O[Si](C)(C)C. The third kappa shape index (κ3) is 13.6. The van der Waals surface area contributed by atoms with Gasteiger partial charge in [-0.2, -0.15) is 0 Å². The van der Waals surface area contributed by atoms with Crippen LogP contribution in [0.2, 0.25) is 39.3 Å². The molecule has 0 aromatic heterocycles. The normalized spacial score (nSPS) is 43.2. The van der Waals surface area contributed by atoms with E-state index in [4.69, 9.17) is 42.0 Å². The van der Waals surface area contributed by atoms with Crippen LogP contribution in [0.25, 0.3) is 0 Å². The Morgan fingerprint density at radius 2 is 1.34 bits per heavy atom.